The van der Waals surface area contributed by atoms with Crippen molar-refractivity contribution in [2.45, 2.75) is 39.5 Å². The average molecular weight is 433 g/mol. The van der Waals surface area contributed by atoms with Crippen LogP contribution < -0.4 is 15.4 Å². The Morgan fingerprint density at radius 2 is 1.81 bits per heavy atom. The van der Waals surface area contributed by atoms with Crippen molar-refractivity contribution in [1.29, 1.82) is 0 Å². The lowest BCUT2D eigenvalue weighted by atomic mass is 9.68. The number of carbonyl (C=O) groups is 2. The van der Waals surface area contributed by atoms with Gasteiger partial charge in [-0.3, -0.25) is 9.59 Å². The number of aromatic hydroxyl groups is 1. The second kappa shape index (κ2) is 8.19. The van der Waals surface area contributed by atoms with Crippen molar-refractivity contribution in [3.8, 4) is 11.5 Å². The van der Waals surface area contributed by atoms with Crippen LogP contribution in [0.25, 0.3) is 0 Å². The predicted octanol–water partition coefficient (Wildman–Crippen LogP) is 4.64. The fourth-order valence-corrected chi connectivity index (χ4v) is 4.67. The topological polar surface area (TPSA) is 87.7 Å². The van der Waals surface area contributed by atoms with Gasteiger partial charge in [0, 0.05) is 34.9 Å². The number of amides is 1. The first-order valence-electron chi connectivity index (χ1n) is 10.7. The van der Waals surface area contributed by atoms with E-state index < -0.39 is 5.92 Å². The van der Waals surface area contributed by atoms with Crippen molar-refractivity contribution in [3.05, 3.63) is 76.6 Å². The number of Topliss-reactive ketones (excluding diaryl/α,β-unsaturated/α-hetero) is 1. The summed E-state index contributed by atoms with van der Waals surface area (Å²) in [4.78, 5) is 26.9. The molecule has 2 aliphatic rings. The largest absolute Gasteiger partial charge is 0.508 e. The van der Waals surface area contributed by atoms with Gasteiger partial charge in [0.1, 0.15) is 11.5 Å². The highest BCUT2D eigenvalue weighted by Crippen LogP contribution is 2.47. The first-order chi connectivity index (χ1) is 15.2. The van der Waals surface area contributed by atoms with Gasteiger partial charge in [0.05, 0.1) is 12.8 Å². The van der Waals surface area contributed by atoms with Crippen LogP contribution in [0.1, 0.15) is 45.1 Å². The van der Waals surface area contributed by atoms with E-state index in [0.29, 0.717) is 34.7 Å². The van der Waals surface area contributed by atoms with Crippen LogP contribution in [-0.4, -0.2) is 23.9 Å². The first-order valence-corrected chi connectivity index (χ1v) is 10.7. The molecule has 0 saturated heterocycles. The molecule has 1 atom stereocenters. The van der Waals surface area contributed by atoms with E-state index in [9.17, 15) is 14.7 Å². The number of allylic oxidation sites excluding steroid dienone is 3. The lowest BCUT2D eigenvalue weighted by molar-refractivity contribution is -0.118. The molecule has 2 aromatic rings. The molecule has 1 unspecified atom stereocenters. The highest BCUT2D eigenvalue weighted by molar-refractivity contribution is 6.10. The van der Waals surface area contributed by atoms with Crippen LogP contribution in [0.4, 0.5) is 5.69 Å². The zero-order chi connectivity index (χ0) is 23.0. The number of ether oxygens (including phenoxy) is 1. The molecule has 166 valence electrons. The molecule has 1 heterocycles. The number of rotatable bonds is 4. The molecule has 6 heteroatoms. The molecular formula is C26H28N2O4. The van der Waals surface area contributed by atoms with Crippen LogP contribution in [0.5, 0.6) is 11.5 Å². The van der Waals surface area contributed by atoms with E-state index in [1.807, 2.05) is 19.1 Å². The number of dihydropyridines is 1. The Balaban J connectivity index is 1.80. The molecule has 0 bridgehead atoms. The van der Waals surface area contributed by atoms with Gasteiger partial charge in [0.15, 0.2) is 5.78 Å². The number of para-hydroxylation sites is 2. The van der Waals surface area contributed by atoms with Gasteiger partial charge >= 0.3 is 0 Å². The normalized spacial score (nSPS) is 19.9. The number of nitrogens with one attached hydrogen (secondary N) is 2. The number of benzene rings is 2. The second-order valence-corrected chi connectivity index (χ2v) is 9.18. The molecule has 1 aliphatic carbocycles. The summed E-state index contributed by atoms with van der Waals surface area (Å²) in [6.07, 6.45) is 1.14. The number of anilines is 1. The molecule has 0 saturated carbocycles. The fourth-order valence-electron chi connectivity index (χ4n) is 4.67. The summed E-state index contributed by atoms with van der Waals surface area (Å²) in [6, 6.07) is 13.9. The Morgan fingerprint density at radius 1 is 1.12 bits per heavy atom. The maximum absolute atomic E-state index is 13.6. The van der Waals surface area contributed by atoms with E-state index in [-0.39, 0.29) is 22.9 Å². The minimum absolute atomic E-state index is 0.0388. The van der Waals surface area contributed by atoms with Gasteiger partial charge in [0.2, 0.25) is 0 Å². The molecule has 4 rings (SSSR count). The summed E-state index contributed by atoms with van der Waals surface area (Å²) in [5.41, 5.74) is 3.88. The standard InChI is InChI=1S/C26H28N2O4/c1-15-22(25(31)28-18-7-5-6-8-21(18)32-4)23(16-9-11-17(29)12-10-16)24-19(27-15)13-26(2,3)14-20(24)30/h5-12,23,27,29H,13-14H2,1-4H3,(H,28,31). The third-order valence-electron chi connectivity index (χ3n) is 6.07. The first kappa shape index (κ1) is 21.7. The van der Waals surface area contributed by atoms with Crippen molar-refractivity contribution in [3.63, 3.8) is 0 Å². The minimum Gasteiger partial charge on any atom is -0.508 e. The highest BCUT2D eigenvalue weighted by Gasteiger charge is 2.42. The van der Waals surface area contributed by atoms with Crippen LogP contribution >= 0.6 is 0 Å². The molecule has 0 radical (unpaired) electrons. The molecule has 0 spiro atoms. The van der Waals surface area contributed by atoms with Crippen molar-refractivity contribution >= 4 is 17.4 Å². The van der Waals surface area contributed by atoms with Gasteiger partial charge in [0.25, 0.3) is 5.91 Å². The molecule has 1 amide bonds. The van der Waals surface area contributed by atoms with Gasteiger partial charge in [-0.2, -0.15) is 0 Å². The molecule has 6 nitrogen and oxygen atoms in total. The third kappa shape index (κ3) is 4.00. The van der Waals surface area contributed by atoms with E-state index >= 15 is 0 Å². The van der Waals surface area contributed by atoms with Crippen molar-refractivity contribution < 1.29 is 19.4 Å². The molecule has 0 fully saturated rings. The maximum atomic E-state index is 13.6. The smallest absolute Gasteiger partial charge is 0.254 e. The van der Waals surface area contributed by atoms with Crippen molar-refractivity contribution in [2.75, 3.05) is 12.4 Å². The minimum atomic E-state index is -0.523. The van der Waals surface area contributed by atoms with Crippen molar-refractivity contribution in [2.24, 2.45) is 5.41 Å². The van der Waals surface area contributed by atoms with E-state index in [2.05, 4.69) is 24.5 Å². The Labute approximate surface area is 188 Å². The molecular weight excluding hydrogens is 404 g/mol. The number of hydrogen-bond donors (Lipinski definition) is 3. The molecule has 1 aliphatic heterocycles. The van der Waals surface area contributed by atoms with Gasteiger partial charge in [-0.05, 0) is 48.6 Å². The second-order valence-electron chi connectivity index (χ2n) is 9.18. The SMILES string of the molecule is COc1ccccc1NC(=O)C1=C(C)NC2=C(C(=O)CC(C)(C)C2)C1c1ccc(O)cc1. The fraction of sp³-hybridized carbons (Fsp3) is 0.308. The van der Waals surface area contributed by atoms with Crippen molar-refractivity contribution in [1.82, 2.24) is 5.32 Å². The Kier molecular flexibility index (Phi) is 5.55. The summed E-state index contributed by atoms with van der Waals surface area (Å²) >= 11 is 0. The average Bonchev–Trinajstić information content (AvgIpc) is 2.72. The number of ketones is 1. The van der Waals surface area contributed by atoms with Crippen LogP contribution in [0, 0.1) is 5.41 Å². The van der Waals surface area contributed by atoms with Crippen LogP contribution in [0.3, 0.4) is 0 Å². The number of carbonyl (C=O) groups excluding carboxylic acids is 2. The summed E-state index contributed by atoms with van der Waals surface area (Å²) in [5, 5.41) is 16.1. The number of methoxy groups -OCH3 is 1. The van der Waals surface area contributed by atoms with Crippen LogP contribution in [0.2, 0.25) is 0 Å². The van der Waals surface area contributed by atoms with E-state index in [4.69, 9.17) is 4.74 Å². The predicted molar refractivity (Wildman–Crippen MR) is 123 cm³/mol. The third-order valence-corrected chi connectivity index (χ3v) is 6.07. The zero-order valence-corrected chi connectivity index (χ0v) is 18.8. The van der Waals surface area contributed by atoms with E-state index in [1.54, 1.807) is 43.5 Å². The summed E-state index contributed by atoms with van der Waals surface area (Å²) in [5.74, 6) is -0.1000. The molecule has 2 aromatic carbocycles. The van der Waals surface area contributed by atoms with Gasteiger partial charge in [-0.25, -0.2) is 0 Å². The summed E-state index contributed by atoms with van der Waals surface area (Å²) in [7, 11) is 1.55. The number of hydrogen-bond acceptors (Lipinski definition) is 5. The van der Waals surface area contributed by atoms with Gasteiger partial charge in [-0.1, -0.05) is 38.1 Å². The monoisotopic (exact) mass is 432 g/mol. The highest BCUT2D eigenvalue weighted by atomic mass is 16.5. The van der Waals surface area contributed by atoms with Gasteiger partial charge < -0.3 is 20.5 Å². The molecule has 3 N–H and O–H groups in total. The van der Waals surface area contributed by atoms with E-state index in [1.165, 1.54) is 0 Å². The Bertz CT molecular complexity index is 1140. The summed E-state index contributed by atoms with van der Waals surface area (Å²) in [6.45, 7) is 6.02. The molecule has 32 heavy (non-hydrogen) atoms. The molecule has 0 aromatic heterocycles. The van der Waals surface area contributed by atoms with Crippen LogP contribution in [-0.2, 0) is 9.59 Å². The summed E-state index contributed by atoms with van der Waals surface area (Å²) < 4.78 is 5.37. The lowest BCUT2D eigenvalue weighted by Crippen LogP contribution is -2.39. The zero-order valence-electron chi connectivity index (χ0n) is 18.8. The Hall–Kier alpha value is -3.54. The van der Waals surface area contributed by atoms with Gasteiger partial charge in [-0.15, -0.1) is 0 Å². The Morgan fingerprint density at radius 3 is 2.50 bits per heavy atom. The van der Waals surface area contributed by atoms with E-state index in [0.717, 1.165) is 17.7 Å². The quantitative estimate of drug-likeness (QED) is 0.655. The maximum Gasteiger partial charge on any atom is 0.254 e. The lowest BCUT2D eigenvalue weighted by Gasteiger charge is -2.39. The number of phenolic OH excluding ortho intramolecular Hbond substituents is 1. The number of phenols is 1. The van der Waals surface area contributed by atoms with Crippen LogP contribution in [0.15, 0.2) is 71.1 Å².